The Kier molecular flexibility index (Phi) is 0.719. The molecular weight excluding hydrogens is 142 g/mol. The third-order valence-corrected chi connectivity index (χ3v) is 1.19. The lowest BCUT2D eigenvalue weighted by molar-refractivity contribution is -0.385. The summed E-state index contributed by atoms with van der Waals surface area (Å²) in [6.45, 7) is -5.21. The minimum atomic E-state index is -2.72. The summed E-state index contributed by atoms with van der Waals surface area (Å²) >= 11 is 0. The maximum atomic E-state index is 10.6. The van der Waals surface area contributed by atoms with Crippen LogP contribution in [0.3, 0.4) is 0 Å². The van der Waals surface area contributed by atoms with Crippen molar-refractivity contribution in [2.75, 3.05) is 0 Å². The number of hydrogen-bond acceptors (Lipinski definition) is 2. The summed E-state index contributed by atoms with van der Waals surface area (Å²) in [4.78, 5) is 9.80. The largest absolute Gasteiger partial charge is 0.272 e. The molecule has 0 fully saturated rings. The molecule has 0 amide bonds. The first-order chi connectivity index (χ1) is 7.53. The molecule has 3 heteroatoms. The van der Waals surface area contributed by atoms with Gasteiger partial charge in [0.1, 0.15) is 0 Å². The summed E-state index contributed by atoms with van der Waals surface area (Å²) in [5, 5.41) is 10.6. The molecule has 0 heterocycles. The van der Waals surface area contributed by atoms with Gasteiger partial charge in [0.15, 0.2) is 0 Å². The van der Waals surface area contributed by atoms with Crippen molar-refractivity contribution in [3.63, 3.8) is 0 Å². The Hall–Kier alpha value is -1.38. The van der Waals surface area contributed by atoms with Gasteiger partial charge in [0, 0.05) is 19.9 Å². The number of rotatable bonds is 1. The van der Waals surface area contributed by atoms with Gasteiger partial charge in [-0.25, -0.2) is 0 Å². The van der Waals surface area contributed by atoms with Crippen LogP contribution in [0.1, 0.15) is 19.4 Å². The third-order valence-electron chi connectivity index (χ3n) is 1.19. The molecule has 0 unspecified atom stereocenters. The topological polar surface area (TPSA) is 43.1 Å². The van der Waals surface area contributed by atoms with E-state index in [1.807, 2.05) is 0 Å². The third kappa shape index (κ3) is 1.55. The minimum absolute atomic E-state index is 0.228. The van der Waals surface area contributed by atoms with Crippen molar-refractivity contribution in [1.29, 1.82) is 0 Å². The normalized spacial score (nSPS) is 20.0. The van der Waals surface area contributed by atoms with Crippen molar-refractivity contribution < 1.29 is 13.1 Å². The van der Waals surface area contributed by atoms with Crippen molar-refractivity contribution in [2.45, 2.75) is 13.7 Å². The van der Waals surface area contributed by atoms with Crippen LogP contribution in [0.2, 0.25) is 0 Å². The lowest BCUT2D eigenvalue weighted by Gasteiger charge is -1.96. The van der Waals surface area contributed by atoms with Gasteiger partial charge in [0.25, 0.3) is 5.69 Å². The van der Waals surface area contributed by atoms with Gasteiger partial charge in [-0.1, -0.05) is 11.6 Å². The molecule has 0 bridgehead atoms. The standard InChI is InChI=1S/C8H9NO2/c1-6-3-4-8(9(10)11)7(2)5-6/h3-5H,1-2H3/i1D3,2D3. The van der Waals surface area contributed by atoms with Crippen molar-refractivity contribution in [3.05, 3.63) is 39.4 Å². The Labute approximate surface area is 73.2 Å². The maximum Gasteiger partial charge on any atom is 0.272 e. The summed E-state index contributed by atoms with van der Waals surface area (Å²) in [6, 6.07) is 2.79. The molecule has 0 aromatic heterocycles. The molecule has 11 heavy (non-hydrogen) atoms. The van der Waals surface area contributed by atoms with E-state index in [1.165, 1.54) is 0 Å². The number of benzene rings is 1. The highest BCUT2D eigenvalue weighted by molar-refractivity contribution is 5.41. The van der Waals surface area contributed by atoms with Crippen LogP contribution in [0.25, 0.3) is 0 Å². The molecule has 0 aliphatic carbocycles. The second kappa shape index (κ2) is 2.70. The number of hydrogen-bond donors (Lipinski definition) is 0. The van der Waals surface area contributed by atoms with E-state index in [0.29, 0.717) is 0 Å². The Morgan fingerprint density at radius 3 is 2.91 bits per heavy atom. The maximum absolute atomic E-state index is 10.6. The fourth-order valence-corrected chi connectivity index (χ4v) is 0.695. The smallest absolute Gasteiger partial charge is 0.258 e. The van der Waals surface area contributed by atoms with Crippen molar-refractivity contribution in [2.24, 2.45) is 0 Å². The van der Waals surface area contributed by atoms with Crippen LogP contribution in [-0.4, -0.2) is 4.92 Å². The van der Waals surface area contributed by atoms with Gasteiger partial charge in [-0.15, -0.1) is 0 Å². The van der Waals surface area contributed by atoms with Crippen molar-refractivity contribution in [3.8, 4) is 0 Å². The molecular formula is C8H9NO2. The highest BCUT2D eigenvalue weighted by Crippen LogP contribution is 2.17. The fourth-order valence-electron chi connectivity index (χ4n) is 0.695. The highest BCUT2D eigenvalue weighted by Gasteiger charge is 2.07. The van der Waals surface area contributed by atoms with Gasteiger partial charge in [0.2, 0.25) is 0 Å². The molecule has 3 nitrogen and oxygen atoms in total. The van der Waals surface area contributed by atoms with E-state index >= 15 is 0 Å². The molecule has 0 N–H and O–H groups in total. The number of aryl methyl sites for hydroxylation is 2. The lowest BCUT2D eigenvalue weighted by atomic mass is 10.1. The molecule has 0 aliphatic heterocycles. The lowest BCUT2D eigenvalue weighted by Crippen LogP contribution is -1.91. The first-order valence-electron chi connectivity index (χ1n) is 5.83. The predicted molar refractivity (Wildman–Crippen MR) is 42.6 cm³/mol. The zero-order chi connectivity index (χ0) is 13.4. The van der Waals surface area contributed by atoms with Crippen LogP contribution in [-0.2, 0) is 0 Å². The quantitative estimate of drug-likeness (QED) is 0.463. The summed E-state index contributed by atoms with van der Waals surface area (Å²) in [7, 11) is 0. The van der Waals surface area contributed by atoms with Crippen LogP contribution < -0.4 is 0 Å². The molecule has 0 aliphatic rings. The molecule has 1 aromatic carbocycles. The summed E-state index contributed by atoms with van der Waals surface area (Å²) in [5.41, 5.74) is -1.39. The van der Waals surface area contributed by atoms with Crippen LogP contribution in [0, 0.1) is 23.8 Å². The number of nitrogens with zero attached hydrogens (tertiary/aromatic N) is 1. The predicted octanol–water partition coefficient (Wildman–Crippen LogP) is 2.21. The van der Waals surface area contributed by atoms with Gasteiger partial charge < -0.3 is 0 Å². The monoisotopic (exact) mass is 157 g/mol. The average molecular weight is 157 g/mol. The van der Waals surface area contributed by atoms with E-state index in [0.717, 1.165) is 18.2 Å². The van der Waals surface area contributed by atoms with Gasteiger partial charge in [-0.3, -0.25) is 10.1 Å². The van der Waals surface area contributed by atoms with E-state index in [-0.39, 0.29) is 5.56 Å². The van der Waals surface area contributed by atoms with Crippen LogP contribution >= 0.6 is 0 Å². The van der Waals surface area contributed by atoms with Gasteiger partial charge in [-0.2, -0.15) is 0 Å². The first kappa shape index (κ1) is 2.93. The summed E-state index contributed by atoms with van der Waals surface area (Å²) < 4.78 is 42.9. The SMILES string of the molecule is [2H]C([2H])([2H])c1ccc([N+](=O)[O-])c(C([2H])([2H])[2H])c1. The number of nitro groups is 1. The molecule has 0 saturated carbocycles. The minimum Gasteiger partial charge on any atom is -0.258 e. The van der Waals surface area contributed by atoms with Gasteiger partial charge >= 0.3 is 0 Å². The van der Waals surface area contributed by atoms with Crippen LogP contribution in [0.5, 0.6) is 0 Å². The molecule has 0 atom stereocenters. The summed E-state index contributed by atoms with van der Waals surface area (Å²) in [5.74, 6) is 0. The van der Waals surface area contributed by atoms with Gasteiger partial charge in [-0.05, 0) is 19.8 Å². The van der Waals surface area contributed by atoms with E-state index in [4.69, 9.17) is 8.22 Å². The number of nitro benzene ring substituents is 1. The molecule has 0 spiro atoms. The Balaban J connectivity index is 3.46. The summed E-state index contributed by atoms with van der Waals surface area (Å²) in [6.07, 6.45) is 0. The molecule has 58 valence electrons. The second-order valence-electron chi connectivity index (χ2n) is 1.99. The van der Waals surface area contributed by atoms with E-state index in [9.17, 15) is 10.1 Å². The van der Waals surface area contributed by atoms with Crippen LogP contribution in [0.15, 0.2) is 18.2 Å². The zero-order valence-corrected chi connectivity index (χ0v) is 5.50. The van der Waals surface area contributed by atoms with Crippen LogP contribution in [0.4, 0.5) is 5.69 Å². The van der Waals surface area contributed by atoms with Crippen molar-refractivity contribution >= 4 is 5.69 Å². The van der Waals surface area contributed by atoms with Gasteiger partial charge in [0.05, 0.1) is 4.92 Å². The Morgan fingerprint density at radius 1 is 1.55 bits per heavy atom. The highest BCUT2D eigenvalue weighted by atomic mass is 16.6. The average Bonchev–Trinajstić information content (AvgIpc) is 2.14. The molecule has 1 rings (SSSR count). The first-order valence-corrected chi connectivity index (χ1v) is 2.83. The van der Waals surface area contributed by atoms with Crippen molar-refractivity contribution in [1.82, 2.24) is 0 Å². The molecule has 1 aromatic rings. The fraction of sp³-hybridized carbons (Fsp3) is 0.250. The molecule has 0 saturated heterocycles. The van der Waals surface area contributed by atoms with E-state index in [1.54, 1.807) is 0 Å². The van der Waals surface area contributed by atoms with E-state index in [2.05, 4.69) is 0 Å². The Bertz CT molecular complexity index is 450. The zero-order valence-electron chi connectivity index (χ0n) is 11.5. The second-order valence-corrected chi connectivity index (χ2v) is 1.99. The Morgan fingerprint density at radius 2 is 2.36 bits per heavy atom. The van der Waals surface area contributed by atoms with E-state index < -0.39 is 29.9 Å². The molecule has 0 radical (unpaired) electrons.